The topological polar surface area (TPSA) is 41.6 Å². The Balaban J connectivity index is 2.04. The minimum Gasteiger partial charge on any atom is -0.323 e. The van der Waals surface area contributed by atoms with Crippen LogP contribution >= 0.6 is 0 Å². The van der Waals surface area contributed by atoms with E-state index in [4.69, 9.17) is 5.84 Å². The number of likely N-dealkylation sites (tertiary alicyclic amines) is 1. The average molecular weight is 249 g/mol. The average Bonchev–Trinajstić information content (AvgIpc) is 2.33. The van der Waals surface area contributed by atoms with Crippen LogP contribution in [-0.4, -0.2) is 24.2 Å². The number of piperidine rings is 1. The second-order valence-corrected chi connectivity index (χ2v) is 5.11. The van der Waals surface area contributed by atoms with Gasteiger partial charge in [-0.3, -0.25) is 4.90 Å². The highest BCUT2D eigenvalue weighted by atomic mass is 19.1. The molecular formula is C14H20FN3. The first kappa shape index (κ1) is 13.0. The molecule has 0 radical (unpaired) electrons. The van der Waals surface area contributed by atoms with Crippen molar-refractivity contribution in [2.45, 2.75) is 26.3 Å². The number of benzene rings is 1. The number of hydrogen-bond donors (Lipinski definition) is 1. The maximum atomic E-state index is 13.9. The molecule has 0 saturated carbocycles. The summed E-state index contributed by atoms with van der Waals surface area (Å²) >= 11 is 0. The van der Waals surface area contributed by atoms with Crippen LogP contribution in [0.2, 0.25) is 0 Å². The van der Waals surface area contributed by atoms with Crippen molar-refractivity contribution in [3.63, 3.8) is 0 Å². The third-order valence-corrected chi connectivity index (χ3v) is 3.44. The predicted octanol–water partition coefficient (Wildman–Crippen LogP) is 2.35. The number of rotatable bonds is 3. The van der Waals surface area contributed by atoms with Crippen LogP contribution in [0.4, 0.5) is 4.39 Å². The van der Waals surface area contributed by atoms with Gasteiger partial charge < -0.3 is 5.84 Å². The van der Waals surface area contributed by atoms with E-state index in [1.54, 1.807) is 0 Å². The van der Waals surface area contributed by atoms with Crippen LogP contribution in [0, 0.1) is 11.7 Å². The molecule has 3 nitrogen and oxygen atoms in total. The summed E-state index contributed by atoms with van der Waals surface area (Å²) in [6.07, 6.45) is 3.95. The van der Waals surface area contributed by atoms with Gasteiger partial charge >= 0.3 is 0 Å². The molecule has 98 valence electrons. The molecule has 1 aliphatic heterocycles. The molecule has 0 aromatic heterocycles. The lowest BCUT2D eigenvalue weighted by Crippen LogP contribution is -2.33. The van der Waals surface area contributed by atoms with Gasteiger partial charge in [0.15, 0.2) is 0 Å². The molecule has 1 heterocycles. The van der Waals surface area contributed by atoms with Crippen LogP contribution in [-0.2, 0) is 6.54 Å². The lowest BCUT2D eigenvalue weighted by atomic mass is 9.99. The zero-order valence-corrected chi connectivity index (χ0v) is 10.8. The summed E-state index contributed by atoms with van der Waals surface area (Å²) in [5, 5.41) is 3.40. The molecule has 0 spiro atoms. The van der Waals surface area contributed by atoms with Crippen LogP contribution in [0.15, 0.2) is 23.3 Å². The lowest BCUT2D eigenvalue weighted by molar-refractivity contribution is 0.175. The van der Waals surface area contributed by atoms with Gasteiger partial charge in [-0.15, -0.1) is 0 Å². The number of nitrogens with zero attached hydrogens (tertiary/aromatic N) is 2. The van der Waals surface area contributed by atoms with Gasteiger partial charge in [0.25, 0.3) is 0 Å². The second-order valence-electron chi connectivity index (χ2n) is 5.11. The van der Waals surface area contributed by atoms with Crippen LogP contribution in [0.3, 0.4) is 0 Å². The van der Waals surface area contributed by atoms with Crippen LogP contribution in [0.5, 0.6) is 0 Å². The number of hydrogen-bond acceptors (Lipinski definition) is 3. The molecule has 1 aromatic carbocycles. The molecule has 0 amide bonds. The van der Waals surface area contributed by atoms with E-state index in [-0.39, 0.29) is 5.82 Å². The van der Waals surface area contributed by atoms with Gasteiger partial charge in [0, 0.05) is 18.7 Å². The Labute approximate surface area is 107 Å². The smallest absolute Gasteiger partial charge is 0.128 e. The zero-order valence-electron chi connectivity index (χ0n) is 10.8. The van der Waals surface area contributed by atoms with E-state index >= 15 is 0 Å². The molecule has 2 rings (SSSR count). The molecule has 1 atom stereocenters. The Bertz CT molecular complexity index is 431. The van der Waals surface area contributed by atoms with Crippen molar-refractivity contribution in [2.75, 3.05) is 13.1 Å². The van der Waals surface area contributed by atoms with E-state index in [9.17, 15) is 4.39 Å². The van der Waals surface area contributed by atoms with Crippen molar-refractivity contribution in [2.24, 2.45) is 16.9 Å². The van der Waals surface area contributed by atoms with Crippen molar-refractivity contribution in [1.29, 1.82) is 0 Å². The zero-order chi connectivity index (χ0) is 13.0. The monoisotopic (exact) mass is 249 g/mol. The fourth-order valence-corrected chi connectivity index (χ4v) is 2.53. The Hall–Kier alpha value is -1.42. The number of halogens is 1. The molecule has 0 bridgehead atoms. The van der Waals surface area contributed by atoms with Crippen molar-refractivity contribution >= 4 is 6.21 Å². The molecule has 18 heavy (non-hydrogen) atoms. The third-order valence-electron chi connectivity index (χ3n) is 3.44. The highest BCUT2D eigenvalue weighted by molar-refractivity contribution is 5.79. The predicted molar refractivity (Wildman–Crippen MR) is 71.9 cm³/mol. The number of nitrogens with two attached hydrogens (primary N) is 1. The second kappa shape index (κ2) is 5.96. The quantitative estimate of drug-likeness (QED) is 0.507. The first-order valence-corrected chi connectivity index (χ1v) is 6.43. The van der Waals surface area contributed by atoms with E-state index in [0.717, 1.165) is 18.7 Å². The summed E-state index contributed by atoms with van der Waals surface area (Å²) in [7, 11) is 0. The summed E-state index contributed by atoms with van der Waals surface area (Å²) in [6, 6.07) is 5.16. The van der Waals surface area contributed by atoms with Crippen LogP contribution in [0.1, 0.15) is 30.9 Å². The first-order chi connectivity index (χ1) is 8.69. The van der Waals surface area contributed by atoms with Gasteiger partial charge in [0.05, 0.1) is 6.21 Å². The van der Waals surface area contributed by atoms with Crippen molar-refractivity contribution in [3.05, 3.63) is 35.1 Å². The summed E-state index contributed by atoms with van der Waals surface area (Å²) < 4.78 is 13.9. The van der Waals surface area contributed by atoms with Crippen LogP contribution in [0.25, 0.3) is 0 Å². The molecule has 1 unspecified atom stereocenters. The Morgan fingerprint density at radius 2 is 2.39 bits per heavy atom. The summed E-state index contributed by atoms with van der Waals surface area (Å²) in [6.45, 7) is 5.07. The van der Waals surface area contributed by atoms with E-state index in [0.29, 0.717) is 18.0 Å². The normalized spacial score (nSPS) is 21.6. The lowest BCUT2D eigenvalue weighted by Gasteiger charge is -2.30. The summed E-state index contributed by atoms with van der Waals surface area (Å²) in [5.41, 5.74) is 1.45. The van der Waals surface area contributed by atoms with Gasteiger partial charge in [0.1, 0.15) is 5.82 Å². The third kappa shape index (κ3) is 3.29. The highest BCUT2D eigenvalue weighted by Gasteiger charge is 2.17. The molecular weight excluding hydrogens is 229 g/mol. The minimum atomic E-state index is -0.175. The number of hydrazone groups is 1. The van der Waals surface area contributed by atoms with Gasteiger partial charge in [-0.1, -0.05) is 19.1 Å². The van der Waals surface area contributed by atoms with Gasteiger partial charge in [0.2, 0.25) is 0 Å². The van der Waals surface area contributed by atoms with Crippen molar-refractivity contribution < 1.29 is 4.39 Å². The fraction of sp³-hybridized carbons (Fsp3) is 0.500. The molecule has 1 saturated heterocycles. The molecule has 1 aromatic rings. The van der Waals surface area contributed by atoms with E-state index < -0.39 is 0 Å². The van der Waals surface area contributed by atoms with Crippen LogP contribution < -0.4 is 5.84 Å². The standard InChI is InChI=1S/C14H20FN3/c1-11-3-2-6-18(9-11)10-13-5-4-12(8-17-16)7-14(13)15/h4-5,7-8,11H,2-3,6,9-10,16H2,1H3. The van der Waals surface area contributed by atoms with E-state index in [1.807, 2.05) is 12.1 Å². The largest absolute Gasteiger partial charge is 0.323 e. The highest BCUT2D eigenvalue weighted by Crippen LogP contribution is 2.19. The van der Waals surface area contributed by atoms with Gasteiger partial charge in [-0.25, -0.2) is 4.39 Å². The molecule has 4 heteroatoms. The van der Waals surface area contributed by atoms with Crippen molar-refractivity contribution in [3.8, 4) is 0 Å². The Morgan fingerprint density at radius 1 is 1.56 bits per heavy atom. The van der Waals surface area contributed by atoms with Crippen molar-refractivity contribution in [1.82, 2.24) is 4.90 Å². The molecule has 2 N–H and O–H groups in total. The van der Waals surface area contributed by atoms with E-state index in [2.05, 4.69) is 16.9 Å². The first-order valence-electron chi connectivity index (χ1n) is 6.43. The maximum Gasteiger partial charge on any atom is 0.128 e. The SMILES string of the molecule is CC1CCCN(Cc2ccc(C=NN)cc2F)C1. The van der Waals surface area contributed by atoms with Gasteiger partial charge in [-0.2, -0.15) is 5.10 Å². The maximum absolute atomic E-state index is 13.9. The van der Waals surface area contributed by atoms with E-state index in [1.165, 1.54) is 25.1 Å². The molecule has 0 aliphatic carbocycles. The Kier molecular flexibility index (Phi) is 4.31. The van der Waals surface area contributed by atoms with Gasteiger partial charge in [-0.05, 0) is 36.9 Å². The molecule has 1 aliphatic rings. The summed E-state index contributed by atoms with van der Waals surface area (Å²) in [4.78, 5) is 2.32. The fourth-order valence-electron chi connectivity index (χ4n) is 2.53. The minimum absolute atomic E-state index is 0.175. The summed E-state index contributed by atoms with van der Waals surface area (Å²) in [5.74, 6) is 5.59. The Morgan fingerprint density at radius 3 is 3.06 bits per heavy atom. The molecule has 1 fully saturated rings.